The first-order chi connectivity index (χ1) is 9.20. The third-order valence-electron chi connectivity index (χ3n) is 3.47. The highest BCUT2D eigenvalue weighted by Crippen LogP contribution is 2.40. The van der Waals surface area contributed by atoms with Crippen LogP contribution in [-0.2, 0) is 11.3 Å². The minimum absolute atomic E-state index is 0.167. The highest BCUT2D eigenvalue weighted by atomic mass is 16.5. The van der Waals surface area contributed by atoms with Crippen LogP contribution in [0.15, 0.2) is 30.5 Å². The summed E-state index contributed by atoms with van der Waals surface area (Å²) in [5.74, 6) is 1.06. The Morgan fingerprint density at radius 1 is 1.32 bits per heavy atom. The van der Waals surface area contributed by atoms with Crippen LogP contribution in [0.25, 0.3) is 0 Å². The van der Waals surface area contributed by atoms with Gasteiger partial charge in [-0.1, -0.05) is 12.1 Å². The van der Waals surface area contributed by atoms with Crippen LogP contribution in [0.2, 0.25) is 0 Å². The van der Waals surface area contributed by atoms with Crippen molar-refractivity contribution in [3.05, 3.63) is 52.8 Å². The summed E-state index contributed by atoms with van der Waals surface area (Å²) in [6.07, 6.45) is 1.62. The second-order valence-electron chi connectivity index (χ2n) is 4.59. The van der Waals surface area contributed by atoms with Gasteiger partial charge in [-0.25, -0.2) is 0 Å². The van der Waals surface area contributed by atoms with Crippen molar-refractivity contribution in [2.75, 3.05) is 7.11 Å². The molecule has 0 fully saturated rings. The molecule has 1 unspecified atom stereocenters. The lowest BCUT2D eigenvalue weighted by molar-refractivity contribution is 0.0932. The maximum Gasteiger partial charge on any atom is 0.142 e. The van der Waals surface area contributed by atoms with E-state index in [2.05, 4.69) is 4.98 Å². The van der Waals surface area contributed by atoms with Crippen LogP contribution < -0.4 is 4.74 Å². The van der Waals surface area contributed by atoms with Crippen LogP contribution in [0, 0.1) is 6.92 Å². The van der Waals surface area contributed by atoms with Gasteiger partial charge in [0.25, 0.3) is 0 Å². The number of rotatable bonds is 2. The van der Waals surface area contributed by atoms with E-state index < -0.39 is 0 Å². The lowest BCUT2D eigenvalue weighted by atomic mass is 10.0. The molecular weight excluding hydrogens is 242 g/mol. The fourth-order valence-corrected chi connectivity index (χ4v) is 2.35. The monoisotopic (exact) mass is 257 g/mol. The van der Waals surface area contributed by atoms with Crippen molar-refractivity contribution in [2.45, 2.75) is 19.6 Å². The van der Waals surface area contributed by atoms with E-state index in [1.54, 1.807) is 20.2 Å². The summed E-state index contributed by atoms with van der Waals surface area (Å²) in [4.78, 5) is 4.21. The molecule has 2 heterocycles. The first kappa shape index (κ1) is 12.0. The number of fused-ring (bicyclic) bond motifs is 1. The summed E-state index contributed by atoms with van der Waals surface area (Å²) in [6, 6.07) is 7.74. The zero-order valence-electron chi connectivity index (χ0n) is 10.9. The van der Waals surface area contributed by atoms with Crippen LogP contribution >= 0.6 is 0 Å². The predicted molar refractivity (Wildman–Crippen MR) is 70.3 cm³/mol. The smallest absolute Gasteiger partial charge is 0.142 e. The van der Waals surface area contributed by atoms with Gasteiger partial charge >= 0.3 is 0 Å². The van der Waals surface area contributed by atoms with Gasteiger partial charge in [-0.2, -0.15) is 0 Å². The van der Waals surface area contributed by atoms with E-state index >= 15 is 0 Å². The van der Waals surface area contributed by atoms with Crippen molar-refractivity contribution >= 4 is 0 Å². The molecule has 4 nitrogen and oxygen atoms in total. The Morgan fingerprint density at radius 3 is 2.74 bits per heavy atom. The molecule has 3 rings (SSSR count). The van der Waals surface area contributed by atoms with Gasteiger partial charge in [-0.05, 0) is 24.6 Å². The molecule has 1 aromatic carbocycles. The lowest BCUT2D eigenvalue weighted by Gasteiger charge is -2.12. The molecule has 1 aromatic heterocycles. The van der Waals surface area contributed by atoms with Crippen LogP contribution in [0.1, 0.15) is 28.5 Å². The van der Waals surface area contributed by atoms with Crippen molar-refractivity contribution in [3.8, 4) is 11.5 Å². The molecule has 0 saturated heterocycles. The standard InChI is InChI=1S/C15H15NO3/c1-9-14(17)13-8-19-15(12(13)7-16-9)10-3-5-11(18-2)6-4-10/h3-7,15,17H,8H2,1-2H3. The molecule has 0 spiro atoms. The van der Waals surface area contributed by atoms with Gasteiger partial charge in [-0.15, -0.1) is 0 Å². The summed E-state index contributed by atoms with van der Waals surface area (Å²) in [5.41, 5.74) is 3.45. The van der Waals surface area contributed by atoms with E-state index in [1.165, 1.54) is 0 Å². The molecule has 0 aliphatic carbocycles. The molecule has 1 N–H and O–H groups in total. The summed E-state index contributed by atoms with van der Waals surface area (Å²) in [5, 5.41) is 10.0. The largest absolute Gasteiger partial charge is 0.506 e. The number of aromatic nitrogens is 1. The average Bonchev–Trinajstić information content (AvgIpc) is 2.87. The molecule has 4 heteroatoms. The van der Waals surface area contributed by atoms with Gasteiger partial charge < -0.3 is 14.6 Å². The fourth-order valence-electron chi connectivity index (χ4n) is 2.35. The topological polar surface area (TPSA) is 51.6 Å². The SMILES string of the molecule is COc1ccc(C2OCc3c2cnc(C)c3O)cc1. The average molecular weight is 257 g/mol. The number of hydrogen-bond acceptors (Lipinski definition) is 4. The van der Waals surface area contributed by atoms with E-state index in [0.717, 1.165) is 22.4 Å². The second-order valence-corrected chi connectivity index (χ2v) is 4.59. The van der Waals surface area contributed by atoms with Crippen LogP contribution in [0.4, 0.5) is 0 Å². The van der Waals surface area contributed by atoms with Crippen LogP contribution in [0.3, 0.4) is 0 Å². The van der Waals surface area contributed by atoms with Crippen molar-refractivity contribution in [1.29, 1.82) is 0 Å². The first-order valence-corrected chi connectivity index (χ1v) is 6.13. The summed E-state index contributed by atoms with van der Waals surface area (Å²) >= 11 is 0. The summed E-state index contributed by atoms with van der Waals surface area (Å²) < 4.78 is 10.9. The maximum absolute atomic E-state index is 10.0. The number of hydrogen-bond donors (Lipinski definition) is 1. The Balaban J connectivity index is 1.99. The number of aryl methyl sites for hydroxylation is 1. The third kappa shape index (κ3) is 1.94. The van der Waals surface area contributed by atoms with Gasteiger partial charge in [0.05, 0.1) is 19.4 Å². The number of pyridine rings is 1. The van der Waals surface area contributed by atoms with Gasteiger partial charge in [0, 0.05) is 17.3 Å². The van der Waals surface area contributed by atoms with Gasteiger partial charge in [0.15, 0.2) is 0 Å². The molecule has 0 saturated carbocycles. The van der Waals surface area contributed by atoms with Crippen molar-refractivity contribution in [1.82, 2.24) is 4.98 Å². The zero-order chi connectivity index (χ0) is 13.4. The van der Waals surface area contributed by atoms with E-state index in [1.807, 2.05) is 24.3 Å². The number of benzene rings is 1. The number of methoxy groups -OCH3 is 1. The number of aromatic hydroxyl groups is 1. The maximum atomic E-state index is 10.0. The molecule has 0 bridgehead atoms. The lowest BCUT2D eigenvalue weighted by Crippen LogP contribution is -1.99. The summed E-state index contributed by atoms with van der Waals surface area (Å²) in [6.45, 7) is 2.21. The van der Waals surface area contributed by atoms with Gasteiger partial charge in [0.2, 0.25) is 0 Å². The predicted octanol–water partition coefficient (Wildman–Crippen LogP) is 2.72. The fraction of sp³-hybridized carbons (Fsp3) is 0.267. The minimum Gasteiger partial charge on any atom is -0.506 e. The van der Waals surface area contributed by atoms with E-state index in [-0.39, 0.29) is 11.9 Å². The zero-order valence-corrected chi connectivity index (χ0v) is 10.9. The summed E-state index contributed by atoms with van der Waals surface area (Å²) in [7, 11) is 1.64. The molecule has 19 heavy (non-hydrogen) atoms. The quantitative estimate of drug-likeness (QED) is 0.898. The molecule has 1 aliphatic heterocycles. The van der Waals surface area contributed by atoms with E-state index in [0.29, 0.717) is 12.3 Å². The highest BCUT2D eigenvalue weighted by Gasteiger charge is 2.28. The molecule has 2 aromatic rings. The Morgan fingerprint density at radius 2 is 2.05 bits per heavy atom. The molecular formula is C15H15NO3. The van der Waals surface area contributed by atoms with E-state index in [4.69, 9.17) is 9.47 Å². The van der Waals surface area contributed by atoms with Gasteiger partial charge in [-0.3, -0.25) is 4.98 Å². The normalized spacial score (nSPS) is 17.3. The van der Waals surface area contributed by atoms with Crippen molar-refractivity contribution in [3.63, 3.8) is 0 Å². The molecule has 0 amide bonds. The van der Waals surface area contributed by atoms with Crippen LogP contribution in [0.5, 0.6) is 11.5 Å². The molecule has 98 valence electrons. The van der Waals surface area contributed by atoms with E-state index in [9.17, 15) is 5.11 Å². The Kier molecular flexibility index (Phi) is 2.87. The molecule has 1 atom stereocenters. The number of ether oxygens (including phenoxy) is 2. The Bertz CT molecular complexity index is 608. The Labute approximate surface area is 111 Å². The molecule has 1 aliphatic rings. The Hall–Kier alpha value is -2.07. The van der Waals surface area contributed by atoms with Crippen molar-refractivity contribution in [2.24, 2.45) is 0 Å². The first-order valence-electron chi connectivity index (χ1n) is 6.13. The highest BCUT2D eigenvalue weighted by molar-refractivity contribution is 5.46. The second kappa shape index (κ2) is 4.55. The molecule has 0 radical (unpaired) electrons. The van der Waals surface area contributed by atoms with Crippen LogP contribution in [-0.4, -0.2) is 17.2 Å². The number of nitrogens with zero attached hydrogens (tertiary/aromatic N) is 1. The minimum atomic E-state index is -0.167. The third-order valence-corrected chi connectivity index (χ3v) is 3.47. The van der Waals surface area contributed by atoms with Gasteiger partial charge in [0.1, 0.15) is 17.6 Å². The van der Waals surface area contributed by atoms with Crippen molar-refractivity contribution < 1.29 is 14.6 Å².